The van der Waals surface area contributed by atoms with Gasteiger partial charge in [-0.1, -0.05) is 6.07 Å². The number of fused-ring (bicyclic) bond motifs is 1. The van der Waals surface area contributed by atoms with Crippen molar-refractivity contribution in [2.45, 2.75) is 19.5 Å². The van der Waals surface area contributed by atoms with Gasteiger partial charge < -0.3 is 5.73 Å². The maximum atomic E-state index is 5.69. The second kappa shape index (κ2) is 5.75. The molecule has 0 saturated carbocycles. The van der Waals surface area contributed by atoms with Gasteiger partial charge in [-0.15, -0.1) is 22.7 Å². The Morgan fingerprint density at radius 3 is 3.00 bits per heavy atom. The van der Waals surface area contributed by atoms with Crippen molar-refractivity contribution in [3.8, 4) is 10.7 Å². The molecule has 0 amide bonds. The van der Waals surface area contributed by atoms with Crippen molar-refractivity contribution in [2.24, 2.45) is 0 Å². The predicted molar refractivity (Wildman–Crippen MR) is 89.7 cm³/mol. The average Bonchev–Trinajstić information content (AvgIpc) is 3.19. The van der Waals surface area contributed by atoms with E-state index in [0.29, 0.717) is 5.13 Å². The highest BCUT2D eigenvalue weighted by molar-refractivity contribution is 7.15. The third kappa shape index (κ3) is 2.75. The molecule has 0 spiro atoms. The number of thiazole rings is 1. The number of thiophene rings is 1. The summed E-state index contributed by atoms with van der Waals surface area (Å²) in [5.74, 6) is 0.845. The Bertz CT molecular complexity index is 781. The minimum Gasteiger partial charge on any atom is -0.375 e. The Labute approximate surface area is 136 Å². The van der Waals surface area contributed by atoms with Crippen molar-refractivity contribution >= 4 is 27.8 Å². The van der Waals surface area contributed by atoms with Crippen LogP contribution in [0.4, 0.5) is 5.13 Å². The Balaban J connectivity index is 1.52. The summed E-state index contributed by atoms with van der Waals surface area (Å²) in [7, 11) is 0. The van der Waals surface area contributed by atoms with Gasteiger partial charge in [-0.2, -0.15) is 0 Å². The van der Waals surface area contributed by atoms with E-state index >= 15 is 0 Å². The average molecular weight is 329 g/mol. The second-order valence-electron chi connectivity index (χ2n) is 5.27. The number of hydrogen-bond acceptors (Lipinski definition) is 7. The molecule has 1 aliphatic heterocycles. The fraction of sp³-hybridized carbons (Fsp3) is 0.267. The van der Waals surface area contributed by atoms with Crippen LogP contribution in [0.1, 0.15) is 16.1 Å². The lowest BCUT2D eigenvalue weighted by Gasteiger charge is -2.27. The van der Waals surface area contributed by atoms with Crippen molar-refractivity contribution in [1.82, 2.24) is 19.9 Å². The Morgan fingerprint density at radius 2 is 2.23 bits per heavy atom. The van der Waals surface area contributed by atoms with Crippen molar-refractivity contribution in [3.05, 3.63) is 46.0 Å². The van der Waals surface area contributed by atoms with Crippen LogP contribution in [-0.4, -0.2) is 26.4 Å². The van der Waals surface area contributed by atoms with Crippen molar-refractivity contribution in [1.29, 1.82) is 0 Å². The lowest BCUT2D eigenvalue weighted by Crippen LogP contribution is -2.30. The molecule has 0 aliphatic carbocycles. The van der Waals surface area contributed by atoms with Gasteiger partial charge >= 0.3 is 0 Å². The van der Waals surface area contributed by atoms with Gasteiger partial charge in [0.1, 0.15) is 0 Å². The first-order chi connectivity index (χ1) is 10.8. The summed E-state index contributed by atoms with van der Waals surface area (Å²) in [5.41, 5.74) is 8.10. The molecule has 0 bridgehead atoms. The molecule has 4 rings (SSSR count). The number of aromatic nitrogens is 3. The molecule has 0 atom stereocenters. The zero-order valence-electron chi connectivity index (χ0n) is 11.9. The summed E-state index contributed by atoms with van der Waals surface area (Å²) in [6.07, 6.45) is 4.81. The van der Waals surface area contributed by atoms with E-state index in [-0.39, 0.29) is 0 Å². The number of nitrogens with two attached hydrogens (primary N) is 1. The minimum atomic E-state index is 0.635. The highest BCUT2D eigenvalue weighted by Crippen LogP contribution is 2.25. The van der Waals surface area contributed by atoms with E-state index in [0.717, 1.165) is 36.8 Å². The largest absolute Gasteiger partial charge is 0.375 e. The van der Waals surface area contributed by atoms with Gasteiger partial charge in [0.15, 0.2) is 11.0 Å². The smallest absolute Gasteiger partial charge is 0.180 e. The highest BCUT2D eigenvalue weighted by atomic mass is 32.1. The molecule has 112 valence electrons. The van der Waals surface area contributed by atoms with Crippen LogP contribution < -0.4 is 5.73 Å². The molecule has 5 nitrogen and oxygen atoms in total. The monoisotopic (exact) mass is 329 g/mol. The van der Waals surface area contributed by atoms with Crippen LogP contribution in [0.5, 0.6) is 0 Å². The van der Waals surface area contributed by atoms with E-state index < -0.39 is 0 Å². The fourth-order valence-electron chi connectivity index (χ4n) is 2.65. The van der Waals surface area contributed by atoms with Gasteiger partial charge in [-0.3, -0.25) is 4.90 Å². The molecule has 2 N–H and O–H groups in total. The molecule has 0 aromatic carbocycles. The third-order valence-electron chi connectivity index (χ3n) is 3.71. The molecular formula is C15H15N5S2. The van der Waals surface area contributed by atoms with Gasteiger partial charge in [0, 0.05) is 48.9 Å². The van der Waals surface area contributed by atoms with Crippen molar-refractivity contribution in [2.75, 3.05) is 12.3 Å². The normalized spacial score (nSPS) is 14.9. The fourth-order valence-corrected chi connectivity index (χ4v) is 4.04. The quantitative estimate of drug-likeness (QED) is 0.800. The Morgan fingerprint density at radius 1 is 1.27 bits per heavy atom. The third-order valence-corrected chi connectivity index (χ3v) is 5.38. The SMILES string of the molecule is Nc1ncc(CN2CCc3nc(-c4cccs4)ncc3C2)s1. The molecule has 3 aromatic rings. The minimum absolute atomic E-state index is 0.635. The van der Waals surface area contributed by atoms with E-state index in [1.54, 1.807) is 22.7 Å². The predicted octanol–water partition coefficient (Wildman–Crippen LogP) is 2.80. The standard InChI is InChI=1S/C15H15N5S2/c16-15-18-7-11(22-15)9-20-4-3-12-10(8-20)6-17-14(19-12)13-2-1-5-21-13/h1-2,5-7H,3-4,8-9H2,(H2,16,18). The molecule has 0 unspecified atom stereocenters. The first-order valence-corrected chi connectivity index (χ1v) is 8.79. The lowest BCUT2D eigenvalue weighted by molar-refractivity contribution is 0.245. The molecule has 22 heavy (non-hydrogen) atoms. The van der Waals surface area contributed by atoms with E-state index in [2.05, 4.69) is 26.3 Å². The topological polar surface area (TPSA) is 67.9 Å². The van der Waals surface area contributed by atoms with Crippen LogP contribution in [0.15, 0.2) is 29.9 Å². The first-order valence-electron chi connectivity index (χ1n) is 7.09. The summed E-state index contributed by atoms with van der Waals surface area (Å²) in [5, 5.41) is 2.69. The van der Waals surface area contributed by atoms with E-state index in [9.17, 15) is 0 Å². The molecule has 0 saturated heterocycles. The van der Waals surface area contributed by atoms with Crippen LogP contribution in [-0.2, 0) is 19.5 Å². The zero-order valence-corrected chi connectivity index (χ0v) is 13.5. The van der Waals surface area contributed by atoms with Crippen LogP contribution >= 0.6 is 22.7 Å². The van der Waals surface area contributed by atoms with Gasteiger partial charge in [-0.05, 0) is 11.4 Å². The number of nitrogen functional groups attached to an aromatic ring is 1. The molecule has 7 heteroatoms. The maximum Gasteiger partial charge on any atom is 0.180 e. The van der Waals surface area contributed by atoms with Crippen LogP contribution in [0.3, 0.4) is 0 Å². The van der Waals surface area contributed by atoms with Crippen molar-refractivity contribution in [3.63, 3.8) is 0 Å². The number of anilines is 1. The summed E-state index contributed by atoms with van der Waals surface area (Å²) in [6, 6.07) is 4.10. The lowest BCUT2D eigenvalue weighted by atomic mass is 10.1. The first kappa shape index (κ1) is 13.8. The van der Waals surface area contributed by atoms with Crippen LogP contribution in [0.2, 0.25) is 0 Å². The molecule has 0 fully saturated rings. The number of nitrogens with zero attached hydrogens (tertiary/aromatic N) is 4. The zero-order chi connectivity index (χ0) is 14.9. The van der Waals surface area contributed by atoms with Gasteiger partial charge in [-0.25, -0.2) is 15.0 Å². The number of hydrogen-bond donors (Lipinski definition) is 1. The van der Waals surface area contributed by atoms with Gasteiger partial charge in [0.2, 0.25) is 0 Å². The summed E-state index contributed by atoms with van der Waals surface area (Å²) in [6.45, 7) is 2.78. The molecule has 0 radical (unpaired) electrons. The van der Waals surface area contributed by atoms with E-state index in [1.807, 2.05) is 18.5 Å². The van der Waals surface area contributed by atoms with Crippen LogP contribution in [0, 0.1) is 0 Å². The summed E-state index contributed by atoms with van der Waals surface area (Å²) < 4.78 is 0. The Kier molecular flexibility index (Phi) is 3.61. The van der Waals surface area contributed by atoms with E-state index in [1.165, 1.54) is 16.1 Å². The summed E-state index contributed by atoms with van der Waals surface area (Å²) >= 11 is 3.24. The molecular weight excluding hydrogens is 314 g/mol. The molecule has 1 aliphatic rings. The van der Waals surface area contributed by atoms with Crippen molar-refractivity contribution < 1.29 is 0 Å². The highest BCUT2D eigenvalue weighted by Gasteiger charge is 2.19. The van der Waals surface area contributed by atoms with E-state index in [4.69, 9.17) is 10.7 Å². The van der Waals surface area contributed by atoms with Gasteiger partial charge in [0.05, 0.1) is 10.6 Å². The summed E-state index contributed by atoms with van der Waals surface area (Å²) in [4.78, 5) is 18.1. The maximum absolute atomic E-state index is 5.69. The molecule has 4 heterocycles. The molecule has 3 aromatic heterocycles. The second-order valence-corrected chi connectivity index (χ2v) is 7.36. The Hall–Kier alpha value is -1.83. The number of rotatable bonds is 3. The van der Waals surface area contributed by atoms with Gasteiger partial charge in [0.25, 0.3) is 0 Å². The van der Waals surface area contributed by atoms with Crippen LogP contribution in [0.25, 0.3) is 10.7 Å².